The lowest BCUT2D eigenvalue weighted by Crippen LogP contribution is -2.30. The lowest BCUT2D eigenvalue weighted by molar-refractivity contribution is -0.115. The minimum Gasteiger partial charge on any atom is -0.383 e. The highest BCUT2D eigenvalue weighted by Gasteiger charge is 2.18. The maximum Gasteiger partial charge on any atom is 0.238 e. The van der Waals surface area contributed by atoms with Crippen molar-refractivity contribution in [1.29, 1.82) is 0 Å². The summed E-state index contributed by atoms with van der Waals surface area (Å²) < 4.78 is 7.09. The summed E-state index contributed by atoms with van der Waals surface area (Å²) in [6.07, 6.45) is 4.38. The van der Waals surface area contributed by atoms with Gasteiger partial charge in [-0.3, -0.25) is 4.79 Å². The van der Waals surface area contributed by atoms with E-state index in [1.807, 2.05) is 6.07 Å². The molecular formula is C18H26Cl3N5O2. The smallest absolute Gasteiger partial charge is 0.238 e. The third-order valence-electron chi connectivity index (χ3n) is 4.37. The molecule has 10 heteroatoms. The second-order valence-corrected chi connectivity index (χ2v) is 6.72. The van der Waals surface area contributed by atoms with Gasteiger partial charge in [-0.15, -0.1) is 35.0 Å². The van der Waals surface area contributed by atoms with Crippen molar-refractivity contribution in [2.24, 2.45) is 0 Å². The Hall–Kier alpha value is -1.38. The molecule has 1 aromatic carbocycles. The molecule has 2 N–H and O–H groups in total. The van der Waals surface area contributed by atoms with Gasteiger partial charge in [0.1, 0.15) is 5.82 Å². The van der Waals surface area contributed by atoms with E-state index in [-0.39, 0.29) is 37.3 Å². The van der Waals surface area contributed by atoms with Gasteiger partial charge in [0.25, 0.3) is 0 Å². The molecule has 3 rings (SSSR count). The lowest BCUT2D eigenvalue weighted by Gasteiger charge is -2.11. The van der Waals surface area contributed by atoms with E-state index < -0.39 is 0 Å². The standard InChI is InChI=1S/C18H24ClN5O2.2ClH/c1-26-10-8-20-12-17(25)21-13-6-7-15(19)14(11-13)18-23-22-16-5-3-2-4-9-24(16)18;;/h6-7,11,20H,2-5,8-10,12H2,1H3,(H,21,25);2*1H. The molecule has 0 bridgehead atoms. The highest BCUT2D eigenvalue weighted by atomic mass is 35.5. The van der Waals surface area contributed by atoms with E-state index in [1.54, 1.807) is 19.2 Å². The third kappa shape index (κ3) is 6.32. The van der Waals surface area contributed by atoms with Crippen LogP contribution in [0.25, 0.3) is 11.4 Å². The molecule has 1 aliphatic rings. The fourth-order valence-electron chi connectivity index (χ4n) is 3.04. The van der Waals surface area contributed by atoms with Crippen LogP contribution in [0.4, 0.5) is 5.69 Å². The normalized spacial score (nSPS) is 12.9. The maximum absolute atomic E-state index is 12.1. The number of anilines is 1. The topological polar surface area (TPSA) is 81.1 Å². The van der Waals surface area contributed by atoms with Crippen molar-refractivity contribution >= 4 is 48.0 Å². The Morgan fingerprint density at radius 1 is 1.25 bits per heavy atom. The van der Waals surface area contributed by atoms with Crippen LogP contribution in [0, 0.1) is 0 Å². The summed E-state index contributed by atoms with van der Waals surface area (Å²) in [6, 6.07) is 5.43. The molecule has 0 spiro atoms. The van der Waals surface area contributed by atoms with Crippen molar-refractivity contribution in [3.05, 3.63) is 29.0 Å². The Morgan fingerprint density at radius 3 is 2.86 bits per heavy atom. The average Bonchev–Trinajstić information content (AvgIpc) is 2.88. The van der Waals surface area contributed by atoms with E-state index in [2.05, 4.69) is 25.4 Å². The molecule has 0 fully saturated rings. The van der Waals surface area contributed by atoms with Crippen LogP contribution in [0.15, 0.2) is 18.2 Å². The molecule has 2 aromatic rings. The number of carbonyl (C=O) groups is 1. The number of hydrogen-bond donors (Lipinski definition) is 2. The summed E-state index contributed by atoms with van der Waals surface area (Å²) in [4.78, 5) is 12.1. The molecule has 0 saturated carbocycles. The van der Waals surface area contributed by atoms with Gasteiger partial charge >= 0.3 is 0 Å². The Morgan fingerprint density at radius 2 is 2.07 bits per heavy atom. The van der Waals surface area contributed by atoms with Gasteiger partial charge in [-0.25, -0.2) is 0 Å². The molecule has 0 aliphatic carbocycles. The summed E-state index contributed by atoms with van der Waals surface area (Å²) in [5.74, 6) is 1.65. The van der Waals surface area contributed by atoms with Gasteiger partial charge in [-0.1, -0.05) is 18.0 Å². The number of halogens is 3. The molecule has 0 unspecified atom stereocenters. The van der Waals surface area contributed by atoms with Crippen LogP contribution in [0.3, 0.4) is 0 Å². The van der Waals surface area contributed by atoms with Crippen LogP contribution in [0.2, 0.25) is 5.02 Å². The predicted octanol–water partition coefficient (Wildman–Crippen LogP) is 3.34. The number of ether oxygens (including phenoxy) is 1. The van der Waals surface area contributed by atoms with Crippen LogP contribution in [-0.2, 0) is 22.5 Å². The molecule has 0 radical (unpaired) electrons. The van der Waals surface area contributed by atoms with Gasteiger partial charge in [0.05, 0.1) is 18.2 Å². The van der Waals surface area contributed by atoms with E-state index in [0.717, 1.165) is 43.0 Å². The summed E-state index contributed by atoms with van der Waals surface area (Å²) in [7, 11) is 1.63. The zero-order valence-electron chi connectivity index (χ0n) is 15.7. The Kier molecular flexibility index (Phi) is 10.8. The molecule has 1 aromatic heterocycles. The van der Waals surface area contributed by atoms with Crippen LogP contribution in [-0.4, -0.2) is 47.5 Å². The summed E-state index contributed by atoms with van der Waals surface area (Å²) in [6.45, 7) is 2.31. The molecule has 0 atom stereocenters. The quantitative estimate of drug-likeness (QED) is 0.632. The Labute approximate surface area is 182 Å². The van der Waals surface area contributed by atoms with E-state index in [9.17, 15) is 4.79 Å². The minimum atomic E-state index is -0.116. The second-order valence-electron chi connectivity index (χ2n) is 6.31. The SMILES string of the molecule is COCCNCC(=O)Nc1ccc(Cl)c(-c2nnc3n2CCCCC3)c1.Cl.Cl. The summed E-state index contributed by atoms with van der Waals surface area (Å²) in [5.41, 5.74) is 1.48. The van der Waals surface area contributed by atoms with E-state index in [0.29, 0.717) is 23.9 Å². The highest BCUT2D eigenvalue weighted by Crippen LogP contribution is 2.31. The number of benzene rings is 1. The van der Waals surface area contributed by atoms with Crippen molar-refractivity contribution in [2.45, 2.75) is 32.2 Å². The lowest BCUT2D eigenvalue weighted by atomic mass is 10.1. The maximum atomic E-state index is 12.1. The summed E-state index contributed by atoms with van der Waals surface area (Å²) >= 11 is 6.41. The molecule has 156 valence electrons. The Balaban J connectivity index is 0.00000196. The van der Waals surface area contributed by atoms with Crippen LogP contribution >= 0.6 is 36.4 Å². The van der Waals surface area contributed by atoms with Gasteiger partial charge in [0.15, 0.2) is 5.82 Å². The van der Waals surface area contributed by atoms with Crippen molar-refractivity contribution in [3.63, 3.8) is 0 Å². The fraction of sp³-hybridized carbons (Fsp3) is 0.500. The fourth-order valence-corrected chi connectivity index (χ4v) is 3.24. The van der Waals surface area contributed by atoms with Crippen LogP contribution in [0.5, 0.6) is 0 Å². The first-order valence-electron chi connectivity index (χ1n) is 8.90. The molecule has 7 nitrogen and oxygen atoms in total. The second kappa shape index (κ2) is 12.2. The molecule has 2 heterocycles. The first-order chi connectivity index (χ1) is 12.7. The number of nitrogens with zero attached hydrogens (tertiary/aromatic N) is 3. The third-order valence-corrected chi connectivity index (χ3v) is 4.70. The number of rotatable bonds is 7. The van der Waals surface area contributed by atoms with Crippen molar-refractivity contribution < 1.29 is 9.53 Å². The number of nitrogens with one attached hydrogen (secondary N) is 2. The first kappa shape index (κ1) is 24.7. The molecule has 28 heavy (non-hydrogen) atoms. The predicted molar refractivity (Wildman–Crippen MR) is 116 cm³/mol. The van der Waals surface area contributed by atoms with E-state index in [4.69, 9.17) is 16.3 Å². The van der Waals surface area contributed by atoms with Crippen LogP contribution in [0.1, 0.15) is 25.1 Å². The molecular weight excluding hydrogens is 425 g/mol. The Bertz CT molecular complexity index is 770. The number of carbonyl (C=O) groups excluding carboxylic acids is 1. The van der Waals surface area contributed by atoms with E-state index >= 15 is 0 Å². The van der Waals surface area contributed by atoms with Crippen LogP contribution < -0.4 is 10.6 Å². The summed E-state index contributed by atoms with van der Waals surface area (Å²) in [5, 5.41) is 15.2. The first-order valence-corrected chi connectivity index (χ1v) is 9.28. The highest BCUT2D eigenvalue weighted by molar-refractivity contribution is 6.33. The van der Waals surface area contributed by atoms with Crippen molar-refractivity contribution in [2.75, 3.05) is 32.1 Å². The molecule has 1 amide bonds. The number of fused-ring (bicyclic) bond motifs is 1. The van der Waals surface area contributed by atoms with Gasteiger partial charge in [0, 0.05) is 37.9 Å². The number of hydrogen-bond acceptors (Lipinski definition) is 5. The zero-order chi connectivity index (χ0) is 18.4. The number of methoxy groups -OCH3 is 1. The number of aryl methyl sites for hydroxylation is 1. The van der Waals surface area contributed by atoms with Crippen molar-refractivity contribution in [1.82, 2.24) is 20.1 Å². The van der Waals surface area contributed by atoms with Crippen molar-refractivity contribution in [3.8, 4) is 11.4 Å². The molecule has 0 saturated heterocycles. The van der Waals surface area contributed by atoms with Gasteiger partial charge in [0.2, 0.25) is 5.91 Å². The minimum absolute atomic E-state index is 0. The largest absolute Gasteiger partial charge is 0.383 e. The number of aromatic nitrogens is 3. The van der Waals surface area contributed by atoms with Gasteiger partial charge < -0.3 is 19.9 Å². The molecule has 1 aliphatic heterocycles. The zero-order valence-corrected chi connectivity index (χ0v) is 18.1. The number of amides is 1. The van der Waals surface area contributed by atoms with Gasteiger partial charge in [-0.05, 0) is 31.0 Å². The monoisotopic (exact) mass is 449 g/mol. The average molecular weight is 451 g/mol. The van der Waals surface area contributed by atoms with E-state index in [1.165, 1.54) is 6.42 Å². The van der Waals surface area contributed by atoms with Gasteiger partial charge in [-0.2, -0.15) is 0 Å².